The minimum Gasteiger partial charge on any atom is -0.421 e. The molecule has 3 aromatic carbocycles. The molecule has 5 atom stereocenters. The van der Waals surface area contributed by atoms with E-state index >= 15 is 0 Å². The Labute approximate surface area is 204 Å². The van der Waals surface area contributed by atoms with E-state index in [4.69, 9.17) is 28.4 Å². The van der Waals surface area contributed by atoms with E-state index in [9.17, 15) is 4.79 Å². The van der Waals surface area contributed by atoms with Crippen LogP contribution in [0.2, 0.25) is 0 Å². The predicted molar refractivity (Wildman–Crippen MR) is 126 cm³/mol. The molecule has 2 saturated heterocycles. The quantitative estimate of drug-likeness (QED) is 0.395. The van der Waals surface area contributed by atoms with Crippen LogP contribution in [0.3, 0.4) is 0 Å². The smallest absolute Gasteiger partial charge is 0.421 e. The fourth-order valence-corrected chi connectivity index (χ4v) is 4.26. The van der Waals surface area contributed by atoms with Gasteiger partial charge in [-0.25, -0.2) is 4.79 Å². The molecule has 2 aliphatic heterocycles. The lowest BCUT2D eigenvalue weighted by molar-refractivity contribution is -0.276. The maximum atomic E-state index is 12.0. The summed E-state index contributed by atoms with van der Waals surface area (Å²) >= 11 is 0. The molecule has 0 spiro atoms. The average Bonchev–Trinajstić information content (AvgIpc) is 3.28. The molecule has 0 N–H and O–H groups in total. The Morgan fingerprint density at radius 2 is 1.14 bits per heavy atom. The Kier molecular flexibility index (Phi) is 7.70. The van der Waals surface area contributed by atoms with Crippen molar-refractivity contribution in [3.63, 3.8) is 0 Å². The van der Waals surface area contributed by atoms with Crippen molar-refractivity contribution in [1.82, 2.24) is 0 Å². The van der Waals surface area contributed by atoms with Crippen LogP contribution >= 0.6 is 0 Å². The van der Waals surface area contributed by atoms with E-state index in [2.05, 4.69) is 0 Å². The van der Waals surface area contributed by atoms with Crippen LogP contribution in [0.15, 0.2) is 91.0 Å². The van der Waals surface area contributed by atoms with Gasteiger partial charge in [0.15, 0.2) is 6.10 Å². The molecule has 2 aliphatic rings. The number of hydrogen-bond acceptors (Lipinski definition) is 7. The molecule has 35 heavy (non-hydrogen) atoms. The van der Waals surface area contributed by atoms with Gasteiger partial charge < -0.3 is 28.4 Å². The molecule has 0 amide bonds. The van der Waals surface area contributed by atoms with E-state index < -0.39 is 36.9 Å². The first kappa shape index (κ1) is 23.5. The fourth-order valence-electron chi connectivity index (χ4n) is 4.26. The highest BCUT2D eigenvalue weighted by molar-refractivity contribution is 5.62. The number of carbonyl (C=O) groups is 1. The van der Waals surface area contributed by atoms with Gasteiger partial charge in [-0.1, -0.05) is 91.0 Å². The molecule has 0 aromatic heterocycles. The molecule has 0 aliphatic carbocycles. The maximum absolute atomic E-state index is 12.0. The highest BCUT2D eigenvalue weighted by Gasteiger charge is 2.55. The Hall–Kier alpha value is -3.23. The Balaban J connectivity index is 1.33. The fraction of sp³-hybridized carbons (Fsp3) is 0.321. The molecule has 0 radical (unpaired) electrons. The lowest BCUT2D eigenvalue weighted by atomic mass is 9.98. The Morgan fingerprint density at radius 3 is 1.71 bits per heavy atom. The highest BCUT2D eigenvalue weighted by Crippen LogP contribution is 2.34. The standard InChI is InChI=1S/C28H28O7/c29-28-34-26-25(32-18-22-14-8-3-9-15-22)24(31-17-21-12-6-2-7-13-21)23(33-27(26)35-28)19-30-16-20-10-4-1-5-11-20/h1-15,23-27H,16-19H2/t23-,24-,25+,26-,27-/m1/s1. The second-order valence-corrected chi connectivity index (χ2v) is 8.52. The predicted octanol–water partition coefficient (Wildman–Crippen LogP) is 4.63. The second-order valence-electron chi connectivity index (χ2n) is 8.52. The van der Waals surface area contributed by atoms with Crippen LogP contribution in [0.25, 0.3) is 0 Å². The van der Waals surface area contributed by atoms with Crippen molar-refractivity contribution in [3.05, 3.63) is 108 Å². The summed E-state index contributed by atoms with van der Waals surface area (Å²) in [6.07, 6.45) is -4.08. The van der Waals surface area contributed by atoms with Gasteiger partial charge in [0.25, 0.3) is 0 Å². The summed E-state index contributed by atoms with van der Waals surface area (Å²) in [6, 6.07) is 29.6. The molecule has 7 heteroatoms. The summed E-state index contributed by atoms with van der Waals surface area (Å²) in [4.78, 5) is 12.0. The maximum Gasteiger partial charge on any atom is 0.511 e. The zero-order chi connectivity index (χ0) is 23.9. The second kappa shape index (κ2) is 11.5. The number of ether oxygens (including phenoxy) is 6. The third-order valence-corrected chi connectivity index (χ3v) is 6.00. The van der Waals surface area contributed by atoms with Gasteiger partial charge in [0.1, 0.15) is 18.3 Å². The van der Waals surface area contributed by atoms with Crippen molar-refractivity contribution in [3.8, 4) is 0 Å². The zero-order valence-electron chi connectivity index (χ0n) is 19.2. The van der Waals surface area contributed by atoms with Gasteiger partial charge in [0, 0.05) is 0 Å². The van der Waals surface area contributed by atoms with Crippen molar-refractivity contribution >= 4 is 6.16 Å². The van der Waals surface area contributed by atoms with Crippen molar-refractivity contribution in [2.45, 2.75) is 50.5 Å². The molecule has 182 valence electrons. The first-order valence-electron chi connectivity index (χ1n) is 11.7. The van der Waals surface area contributed by atoms with Crippen LogP contribution in [0, 0.1) is 0 Å². The Bertz CT molecular complexity index is 1060. The molecule has 2 fully saturated rings. The first-order valence-corrected chi connectivity index (χ1v) is 11.7. The van der Waals surface area contributed by atoms with Crippen LogP contribution in [-0.4, -0.2) is 43.5 Å². The number of benzene rings is 3. The third-order valence-electron chi connectivity index (χ3n) is 6.00. The Morgan fingerprint density at radius 1 is 0.629 bits per heavy atom. The molecule has 3 aromatic rings. The van der Waals surface area contributed by atoms with E-state index in [1.807, 2.05) is 91.0 Å². The normalized spacial score (nSPS) is 25.5. The SMILES string of the molecule is O=C1O[C@H]2O[C@H](COCc3ccccc3)[C@@H](OCc3ccccc3)[C@H](OCc3ccccc3)[C@H]2O1. The van der Waals surface area contributed by atoms with Crippen LogP contribution < -0.4 is 0 Å². The number of rotatable bonds is 10. The van der Waals surface area contributed by atoms with Crippen LogP contribution in [0.1, 0.15) is 16.7 Å². The molecule has 0 unspecified atom stereocenters. The van der Waals surface area contributed by atoms with E-state index in [0.717, 1.165) is 16.7 Å². The van der Waals surface area contributed by atoms with Crippen LogP contribution in [0.4, 0.5) is 4.79 Å². The minimum atomic E-state index is -0.884. The average molecular weight is 477 g/mol. The van der Waals surface area contributed by atoms with E-state index in [0.29, 0.717) is 19.8 Å². The van der Waals surface area contributed by atoms with E-state index in [1.165, 1.54) is 0 Å². The van der Waals surface area contributed by atoms with Gasteiger partial charge in [-0.05, 0) is 16.7 Å². The largest absolute Gasteiger partial charge is 0.511 e. The molecule has 7 nitrogen and oxygen atoms in total. The lowest BCUT2D eigenvalue weighted by Gasteiger charge is -2.41. The van der Waals surface area contributed by atoms with Crippen LogP contribution in [-0.2, 0) is 48.2 Å². The van der Waals surface area contributed by atoms with Gasteiger partial charge in [0.05, 0.1) is 26.4 Å². The molecular formula is C28H28O7. The van der Waals surface area contributed by atoms with Gasteiger partial charge in [0.2, 0.25) is 6.29 Å². The van der Waals surface area contributed by atoms with Crippen LogP contribution in [0.5, 0.6) is 0 Å². The summed E-state index contributed by atoms with van der Waals surface area (Å²) in [5, 5.41) is 0. The minimum absolute atomic E-state index is 0.236. The van der Waals surface area contributed by atoms with Gasteiger partial charge in [-0.3, -0.25) is 0 Å². The summed E-state index contributed by atoms with van der Waals surface area (Å²) < 4.78 is 35.5. The van der Waals surface area contributed by atoms with Gasteiger partial charge in [-0.15, -0.1) is 0 Å². The van der Waals surface area contributed by atoms with Crippen molar-refractivity contribution in [2.75, 3.05) is 6.61 Å². The monoisotopic (exact) mass is 476 g/mol. The molecule has 0 bridgehead atoms. The molecule has 2 heterocycles. The number of fused-ring (bicyclic) bond motifs is 1. The number of carbonyl (C=O) groups excluding carboxylic acids is 1. The van der Waals surface area contributed by atoms with Crippen molar-refractivity contribution in [1.29, 1.82) is 0 Å². The zero-order valence-corrected chi connectivity index (χ0v) is 19.2. The van der Waals surface area contributed by atoms with Gasteiger partial charge >= 0.3 is 6.16 Å². The van der Waals surface area contributed by atoms with Crippen molar-refractivity contribution in [2.24, 2.45) is 0 Å². The molecule has 0 saturated carbocycles. The first-order chi connectivity index (χ1) is 17.3. The van der Waals surface area contributed by atoms with Crippen molar-refractivity contribution < 1.29 is 33.2 Å². The molecular weight excluding hydrogens is 448 g/mol. The van der Waals surface area contributed by atoms with E-state index in [-0.39, 0.29) is 6.61 Å². The summed E-state index contributed by atoms with van der Waals surface area (Å²) in [5.41, 5.74) is 3.06. The topological polar surface area (TPSA) is 72.5 Å². The third kappa shape index (κ3) is 6.07. The summed E-state index contributed by atoms with van der Waals surface area (Å²) in [7, 11) is 0. The summed E-state index contributed by atoms with van der Waals surface area (Å²) in [5.74, 6) is 0. The lowest BCUT2D eigenvalue weighted by Crippen LogP contribution is -2.59. The van der Waals surface area contributed by atoms with E-state index in [1.54, 1.807) is 0 Å². The molecule has 5 rings (SSSR count). The highest BCUT2D eigenvalue weighted by atomic mass is 16.9. The number of hydrogen-bond donors (Lipinski definition) is 0. The summed E-state index contributed by atoms with van der Waals surface area (Å²) in [6.45, 7) is 1.34. The van der Waals surface area contributed by atoms with Gasteiger partial charge in [-0.2, -0.15) is 0 Å².